The van der Waals surface area contributed by atoms with Gasteiger partial charge in [0.1, 0.15) is 5.69 Å². The molecule has 0 aliphatic heterocycles. The fourth-order valence-corrected chi connectivity index (χ4v) is 1.15. The van der Waals surface area contributed by atoms with Crippen molar-refractivity contribution >= 4 is 5.97 Å². The lowest BCUT2D eigenvalue weighted by atomic mass is 10.0. The van der Waals surface area contributed by atoms with E-state index in [1.165, 1.54) is 25.3 Å². The molecule has 0 amide bonds. The second-order valence-electron chi connectivity index (χ2n) is 3.32. The average molecular weight is 229 g/mol. The van der Waals surface area contributed by atoms with Crippen molar-refractivity contribution in [3.05, 3.63) is 29.6 Å². The molecule has 0 saturated heterocycles. The number of alkyl halides is 2. The van der Waals surface area contributed by atoms with Gasteiger partial charge in [0.2, 0.25) is 6.43 Å². The molecule has 0 radical (unpaired) electrons. The first-order chi connectivity index (χ1) is 7.56. The van der Waals surface area contributed by atoms with Gasteiger partial charge < -0.3 is 4.74 Å². The van der Waals surface area contributed by atoms with Crippen molar-refractivity contribution in [1.82, 2.24) is 4.98 Å². The van der Waals surface area contributed by atoms with Crippen molar-refractivity contribution in [1.29, 1.82) is 0 Å². The molecule has 88 valence electrons. The SMILES string of the molecule is CCOC(=O)c1ccc(C(C)C(F)F)cn1. The normalized spacial score (nSPS) is 12.6. The highest BCUT2D eigenvalue weighted by Crippen LogP contribution is 2.21. The lowest BCUT2D eigenvalue weighted by Crippen LogP contribution is -2.09. The van der Waals surface area contributed by atoms with E-state index in [-0.39, 0.29) is 12.3 Å². The van der Waals surface area contributed by atoms with E-state index in [2.05, 4.69) is 4.98 Å². The number of carbonyl (C=O) groups excluding carboxylic acids is 1. The third kappa shape index (κ3) is 2.98. The van der Waals surface area contributed by atoms with Crippen LogP contribution in [-0.2, 0) is 4.74 Å². The molecule has 0 N–H and O–H groups in total. The molecule has 0 saturated carbocycles. The summed E-state index contributed by atoms with van der Waals surface area (Å²) in [5, 5.41) is 0. The van der Waals surface area contributed by atoms with E-state index in [1.54, 1.807) is 6.92 Å². The molecule has 1 heterocycles. The van der Waals surface area contributed by atoms with E-state index < -0.39 is 18.3 Å². The molecule has 0 spiro atoms. The quantitative estimate of drug-likeness (QED) is 0.745. The summed E-state index contributed by atoms with van der Waals surface area (Å²) in [7, 11) is 0. The van der Waals surface area contributed by atoms with Crippen molar-refractivity contribution < 1.29 is 18.3 Å². The van der Waals surface area contributed by atoms with Gasteiger partial charge in [-0.25, -0.2) is 18.6 Å². The predicted molar refractivity (Wildman–Crippen MR) is 54.6 cm³/mol. The van der Waals surface area contributed by atoms with Crippen molar-refractivity contribution in [2.45, 2.75) is 26.2 Å². The van der Waals surface area contributed by atoms with E-state index in [0.29, 0.717) is 5.56 Å². The van der Waals surface area contributed by atoms with Crippen LogP contribution in [0.5, 0.6) is 0 Å². The summed E-state index contributed by atoms with van der Waals surface area (Å²) in [5.74, 6) is -1.43. The molecule has 1 atom stereocenters. The Labute approximate surface area is 92.4 Å². The highest BCUT2D eigenvalue weighted by molar-refractivity contribution is 5.87. The zero-order valence-corrected chi connectivity index (χ0v) is 9.11. The average Bonchev–Trinajstić information content (AvgIpc) is 2.28. The van der Waals surface area contributed by atoms with Gasteiger partial charge in [0, 0.05) is 12.1 Å². The van der Waals surface area contributed by atoms with Crippen LogP contribution in [0.15, 0.2) is 18.3 Å². The van der Waals surface area contributed by atoms with Crippen molar-refractivity contribution in [3.63, 3.8) is 0 Å². The number of halogens is 2. The largest absolute Gasteiger partial charge is 0.461 e. The monoisotopic (exact) mass is 229 g/mol. The van der Waals surface area contributed by atoms with Crippen LogP contribution in [0.4, 0.5) is 8.78 Å². The topological polar surface area (TPSA) is 39.2 Å². The van der Waals surface area contributed by atoms with Gasteiger partial charge in [0.05, 0.1) is 6.61 Å². The van der Waals surface area contributed by atoms with Crippen molar-refractivity contribution in [3.8, 4) is 0 Å². The molecule has 16 heavy (non-hydrogen) atoms. The van der Waals surface area contributed by atoms with E-state index in [4.69, 9.17) is 4.74 Å². The van der Waals surface area contributed by atoms with Crippen LogP contribution in [0.25, 0.3) is 0 Å². The maximum Gasteiger partial charge on any atom is 0.356 e. The lowest BCUT2D eigenvalue weighted by Gasteiger charge is -2.10. The number of rotatable bonds is 4. The number of aromatic nitrogens is 1. The van der Waals surface area contributed by atoms with Gasteiger partial charge in [-0.3, -0.25) is 0 Å². The third-order valence-electron chi connectivity index (χ3n) is 2.17. The summed E-state index contributed by atoms with van der Waals surface area (Å²) in [6.45, 7) is 3.35. The second-order valence-corrected chi connectivity index (χ2v) is 3.32. The van der Waals surface area contributed by atoms with E-state index in [9.17, 15) is 13.6 Å². The maximum atomic E-state index is 12.4. The zero-order valence-electron chi connectivity index (χ0n) is 9.11. The molecule has 0 aromatic carbocycles. The molecule has 1 unspecified atom stereocenters. The first-order valence-corrected chi connectivity index (χ1v) is 4.97. The minimum atomic E-state index is -2.43. The highest BCUT2D eigenvalue weighted by Gasteiger charge is 2.17. The van der Waals surface area contributed by atoms with Crippen molar-refractivity contribution in [2.24, 2.45) is 0 Å². The van der Waals surface area contributed by atoms with Crippen LogP contribution >= 0.6 is 0 Å². The molecule has 0 fully saturated rings. The molecule has 1 rings (SSSR count). The molecule has 1 aromatic heterocycles. The van der Waals surface area contributed by atoms with Gasteiger partial charge in [-0.15, -0.1) is 0 Å². The lowest BCUT2D eigenvalue weighted by molar-refractivity contribution is 0.0519. The molecule has 0 bridgehead atoms. The van der Waals surface area contributed by atoms with Crippen LogP contribution in [0.3, 0.4) is 0 Å². The Kier molecular flexibility index (Phi) is 4.34. The minimum absolute atomic E-state index is 0.132. The number of esters is 1. The summed E-state index contributed by atoms with van der Waals surface area (Å²) >= 11 is 0. The summed E-state index contributed by atoms with van der Waals surface area (Å²) in [4.78, 5) is 15.0. The van der Waals surface area contributed by atoms with Gasteiger partial charge in [0.15, 0.2) is 0 Å². The maximum absolute atomic E-state index is 12.4. The van der Waals surface area contributed by atoms with E-state index >= 15 is 0 Å². The van der Waals surface area contributed by atoms with Gasteiger partial charge >= 0.3 is 5.97 Å². The molecule has 3 nitrogen and oxygen atoms in total. The Hall–Kier alpha value is -1.52. The fourth-order valence-electron chi connectivity index (χ4n) is 1.15. The Morgan fingerprint density at radius 3 is 2.62 bits per heavy atom. The van der Waals surface area contributed by atoms with Gasteiger partial charge in [-0.1, -0.05) is 13.0 Å². The smallest absolute Gasteiger partial charge is 0.356 e. The number of carbonyl (C=O) groups is 1. The first kappa shape index (κ1) is 12.5. The van der Waals surface area contributed by atoms with Crippen LogP contribution < -0.4 is 0 Å². The van der Waals surface area contributed by atoms with Gasteiger partial charge in [-0.2, -0.15) is 0 Å². The Balaban J connectivity index is 2.79. The molecule has 1 aromatic rings. The molecule has 5 heteroatoms. The van der Waals surface area contributed by atoms with E-state index in [1.807, 2.05) is 0 Å². The zero-order chi connectivity index (χ0) is 12.1. The first-order valence-electron chi connectivity index (χ1n) is 4.97. The van der Waals surface area contributed by atoms with Crippen LogP contribution in [-0.4, -0.2) is 24.0 Å². The van der Waals surface area contributed by atoms with Crippen molar-refractivity contribution in [2.75, 3.05) is 6.61 Å². The third-order valence-corrected chi connectivity index (χ3v) is 2.17. The number of ether oxygens (including phenoxy) is 1. The number of hydrogen-bond donors (Lipinski definition) is 0. The number of nitrogens with zero attached hydrogens (tertiary/aromatic N) is 1. The Bertz CT molecular complexity index is 352. The Morgan fingerprint density at radius 1 is 1.50 bits per heavy atom. The fraction of sp³-hybridized carbons (Fsp3) is 0.455. The molecule has 0 aliphatic rings. The predicted octanol–water partition coefficient (Wildman–Crippen LogP) is 2.63. The van der Waals surface area contributed by atoms with Gasteiger partial charge in [-0.05, 0) is 18.6 Å². The summed E-state index contributed by atoms with van der Waals surface area (Å²) in [6, 6.07) is 2.86. The molecular formula is C11H13F2NO2. The summed E-state index contributed by atoms with van der Waals surface area (Å²) in [6.07, 6.45) is -1.15. The van der Waals surface area contributed by atoms with Crippen LogP contribution in [0, 0.1) is 0 Å². The Morgan fingerprint density at radius 2 is 2.19 bits per heavy atom. The second kappa shape index (κ2) is 5.53. The number of pyridine rings is 1. The summed E-state index contributed by atoms with van der Waals surface area (Å²) in [5.41, 5.74) is 0.537. The minimum Gasteiger partial charge on any atom is -0.461 e. The van der Waals surface area contributed by atoms with E-state index in [0.717, 1.165) is 0 Å². The molecule has 0 aliphatic carbocycles. The highest BCUT2D eigenvalue weighted by atomic mass is 19.3. The van der Waals surface area contributed by atoms with Gasteiger partial charge in [0.25, 0.3) is 0 Å². The molecular weight excluding hydrogens is 216 g/mol. The summed E-state index contributed by atoms with van der Waals surface area (Å²) < 4.78 is 29.5. The standard InChI is InChI=1S/C11H13F2NO2/c1-3-16-11(15)9-5-4-8(6-14-9)7(2)10(12)13/h4-7,10H,3H2,1-2H3. The van der Waals surface area contributed by atoms with Crippen LogP contribution in [0.1, 0.15) is 35.8 Å². The van der Waals surface area contributed by atoms with Crippen LogP contribution in [0.2, 0.25) is 0 Å². The number of hydrogen-bond acceptors (Lipinski definition) is 3.